The molecule has 0 aliphatic heterocycles. The zero-order valence-corrected chi connectivity index (χ0v) is 22.0. The number of hydrogen-bond acceptors (Lipinski definition) is 9. The standard InChI is InChI=1S/C28H27N5O4S/c1-4-30-24-16-11-21-17-26(38(35,36)37-3)27(28(34)25(21)18-24)33-32-23-14-9-20(10-15-23)6-5-19-7-12-22(13-8-19)31-29-2/h5-18,30,34H,4H2,1-3H3. The molecular weight excluding hydrogens is 502 g/mol. The molecular formula is C28H27N5O4S. The molecule has 194 valence electrons. The van der Waals surface area contributed by atoms with Gasteiger partial charge in [-0.2, -0.15) is 23.8 Å². The number of phenols is 1. The van der Waals surface area contributed by atoms with Crippen LogP contribution < -0.4 is 5.32 Å². The topological polar surface area (TPSA) is 125 Å². The summed E-state index contributed by atoms with van der Waals surface area (Å²) >= 11 is 0. The summed E-state index contributed by atoms with van der Waals surface area (Å²) in [4.78, 5) is -0.268. The zero-order chi connectivity index (χ0) is 27.1. The second kappa shape index (κ2) is 11.8. The molecule has 0 unspecified atom stereocenters. The SMILES string of the molecule is CCNc1ccc2cc(S(=O)(=O)OC)c(N=Nc3ccc(C=Cc4ccc(N=NC)cc4)cc3)c(O)c2c1. The van der Waals surface area contributed by atoms with Gasteiger partial charge in [-0.1, -0.05) is 42.5 Å². The molecule has 0 aliphatic carbocycles. The highest BCUT2D eigenvalue weighted by Gasteiger charge is 2.24. The molecule has 10 heteroatoms. The molecule has 0 aromatic heterocycles. The van der Waals surface area contributed by atoms with Gasteiger partial charge in [0.1, 0.15) is 10.6 Å². The lowest BCUT2D eigenvalue weighted by atomic mass is 10.1. The third kappa shape index (κ3) is 6.10. The molecule has 0 saturated carbocycles. The first-order valence-corrected chi connectivity index (χ1v) is 13.2. The summed E-state index contributed by atoms with van der Waals surface area (Å²) in [5.41, 5.74) is 3.82. The molecule has 4 aromatic rings. The van der Waals surface area contributed by atoms with Gasteiger partial charge >= 0.3 is 0 Å². The van der Waals surface area contributed by atoms with Crippen LogP contribution in [0.2, 0.25) is 0 Å². The number of hydrogen-bond donors (Lipinski definition) is 2. The molecule has 0 spiro atoms. The molecule has 0 amide bonds. The molecule has 0 atom stereocenters. The van der Waals surface area contributed by atoms with E-state index in [2.05, 4.69) is 25.8 Å². The van der Waals surface area contributed by atoms with Crippen LogP contribution in [0.25, 0.3) is 22.9 Å². The Bertz CT molecular complexity index is 1630. The summed E-state index contributed by atoms with van der Waals surface area (Å²) in [5.74, 6) is -0.299. The van der Waals surface area contributed by atoms with Gasteiger partial charge in [-0.15, -0.1) is 5.11 Å². The van der Waals surface area contributed by atoms with E-state index in [1.165, 1.54) is 6.07 Å². The van der Waals surface area contributed by atoms with E-state index in [-0.39, 0.29) is 16.3 Å². The number of nitrogens with one attached hydrogen (secondary N) is 1. The van der Waals surface area contributed by atoms with Crippen molar-refractivity contribution >= 4 is 55.8 Å². The average Bonchev–Trinajstić information content (AvgIpc) is 2.93. The van der Waals surface area contributed by atoms with Crippen molar-refractivity contribution in [3.05, 3.63) is 83.9 Å². The highest BCUT2D eigenvalue weighted by molar-refractivity contribution is 7.87. The summed E-state index contributed by atoms with van der Waals surface area (Å²) in [6.07, 6.45) is 3.93. The maximum atomic E-state index is 12.6. The molecule has 4 aromatic carbocycles. The molecule has 0 saturated heterocycles. The van der Waals surface area contributed by atoms with Gasteiger partial charge in [0.2, 0.25) is 0 Å². The smallest absolute Gasteiger partial charge is 0.299 e. The van der Waals surface area contributed by atoms with E-state index in [1.54, 1.807) is 37.4 Å². The second-order valence-electron chi connectivity index (χ2n) is 8.18. The van der Waals surface area contributed by atoms with Crippen molar-refractivity contribution in [3.63, 3.8) is 0 Å². The van der Waals surface area contributed by atoms with Gasteiger partial charge in [-0.25, -0.2) is 0 Å². The van der Waals surface area contributed by atoms with E-state index < -0.39 is 10.1 Å². The molecule has 0 bridgehead atoms. The predicted molar refractivity (Wildman–Crippen MR) is 150 cm³/mol. The largest absolute Gasteiger partial charge is 0.505 e. The Morgan fingerprint density at radius 2 is 1.47 bits per heavy atom. The van der Waals surface area contributed by atoms with Crippen molar-refractivity contribution in [2.45, 2.75) is 11.8 Å². The van der Waals surface area contributed by atoms with Gasteiger partial charge in [-0.3, -0.25) is 4.18 Å². The van der Waals surface area contributed by atoms with Gasteiger partial charge in [0.25, 0.3) is 10.1 Å². The minimum absolute atomic E-state index is 0.192. The summed E-state index contributed by atoms with van der Waals surface area (Å²) < 4.78 is 29.9. The van der Waals surface area contributed by atoms with E-state index in [4.69, 9.17) is 4.18 Å². The Labute approximate surface area is 221 Å². The number of anilines is 1. The first-order chi connectivity index (χ1) is 18.3. The molecule has 9 nitrogen and oxygen atoms in total. The Kier molecular flexibility index (Phi) is 8.25. The van der Waals surface area contributed by atoms with E-state index in [9.17, 15) is 13.5 Å². The van der Waals surface area contributed by atoms with Crippen LogP contribution in [0.15, 0.2) is 98.1 Å². The van der Waals surface area contributed by atoms with Crippen LogP contribution in [-0.2, 0) is 14.3 Å². The third-order valence-electron chi connectivity index (χ3n) is 5.66. The van der Waals surface area contributed by atoms with Gasteiger partial charge in [0, 0.05) is 24.7 Å². The molecule has 0 radical (unpaired) electrons. The Balaban J connectivity index is 1.63. The average molecular weight is 530 g/mol. The van der Waals surface area contributed by atoms with Crippen LogP contribution in [-0.4, -0.2) is 34.2 Å². The fourth-order valence-electron chi connectivity index (χ4n) is 3.75. The van der Waals surface area contributed by atoms with E-state index in [1.807, 2.05) is 55.5 Å². The first-order valence-electron chi connectivity index (χ1n) is 11.8. The van der Waals surface area contributed by atoms with Crippen LogP contribution >= 0.6 is 0 Å². The Hall–Kier alpha value is -4.41. The molecule has 2 N–H and O–H groups in total. The number of rotatable bonds is 9. The molecule has 4 rings (SSSR count). The number of benzene rings is 4. The fraction of sp³-hybridized carbons (Fsp3) is 0.143. The van der Waals surface area contributed by atoms with Gasteiger partial charge in [0.05, 0.1) is 18.5 Å². The van der Waals surface area contributed by atoms with Crippen molar-refractivity contribution < 1.29 is 17.7 Å². The fourth-order valence-corrected chi connectivity index (χ4v) is 4.58. The number of azo groups is 2. The Morgan fingerprint density at radius 1 is 0.868 bits per heavy atom. The number of aromatic hydroxyl groups is 1. The van der Waals surface area contributed by atoms with Crippen LogP contribution in [0.1, 0.15) is 18.1 Å². The highest BCUT2D eigenvalue weighted by Crippen LogP contribution is 2.42. The van der Waals surface area contributed by atoms with E-state index >= 15 is 0 Å². The zero-order valence-electron chi connectivity index (χ0n) is 21.2. The minimum Gasteiger partial charge on any atom is -0.505 e. The van der Waals surface area contributed by atoms with Crippen LogP contribution in [0, 0.1) is 0 Å². The van der Waals surface area contributed by atoms with Crippen molar-refractivity contribution in [2.75, 3.05) is 26.0 Å². The molecule has 0 aliphatic rings. The molecule has 38 heavy (non-hydrogen) atoms. The first kappa shape index (κ1) is 26.6. The lowest BCUT2D eigenvalue weighted by Gasteiger charge is -2.12. The maximum Gasteiger partial charge on any atom is 0.299 e. The summed E-state index contributed by atoms with van der Waals surface area (Å²) in [6.45, 7) is 2.65. The lowest BCUT2D eigenvalue weighted by Crippen LogP contribution is -2.03. The molecule has 0 fully saturated rings. The van der Waals surface area contributed by atoms with Gasteiger partial charge in [-0.05, 0) is 65.9 Å². The van der Waals surface area contributed by atoms with Crippen LogP contribution in [0.4, 0.5) is 22.7 Å². The lowest BCUT2D eigenvalue weighted by molar-refractivity contribution is 0.397. The quantitative estimate of drug-likeness (QED) is 0.131. The van der Waals surface area contributed by atoms with E-state index in [0.29, 0.717) is 23.0 Å². The predicted octanol–water partition coefficient (Wildman–Crippen LogP) is 7.61. The van der Waals surface area contributed by atoms with Crippen molar-refractivity contribution in [2.24, 2.45) is 20.5 Å². The Morgan fingerprint density at radius 3 is 2.03 bits per heavy atom. The monoisotopic (exact) mass is 529 g/mol. The third-order valence-corrected chi connectivity index (χ3v) is 6.95. The van der Waals surface area contributed by atoms with Crippen molar-refractivity contribution in [1.82, 2.24) is 0 Å². The number of fused-ring (bicyclic) bond motifs is 1. The second-order valence-corrected chi connectivity index (χ2v) is 9.86. The summed E-state index contributed by atoms with van der Waals surface area (Å²) in [6, 6.07) is 21.6. The van der Waals surface area contributed by atoms with Gasteiger partial charge < -0.3 is 10.4 Å². The normalized spacial score (nSPS) is 12.3. The van der Waals surface area contributed by atoms with Crippen molar-refractivity contribution in [3.8, 4) is 5.75 Å². The molecule has 0 heterocycles. The minimum atomic E-state index is -4.16. The van der Waals surface area contributed by atoms with Gasteiger partial charge in [0.15, 0.2) is 5.75 Å². The highest BCUT2D eigenvalue weighted by atomic mass is 32.2. The summed E-state index contributed by atoms with van der Waals surface area (Å²) in [5, 5.41) is 31.2. The van der Waals surface area contributed by atoms with E-state index in [0.717, 1.165) is 29.6 Å². The van der Waals surface area contributed by atoms with Crippen molar-refractivity contribution in [1.29, 1.82) is 0 Å². The summed E-state index contributed by atoms with van der Waals surface area (Å²) in [7, 11) is -1.48. The number of nitrogens with zero attached hydrogens (tertiary/aromatic N) is 4. The number of phenolic OH excluding ortho intramolecular Hbond substituents is 1. The maximum absolute atomic E-state index is 12.6. The van der Waals surface area contributed by atoms with Crippen LogP contribution in [0.5, 0.6) is 5.75 Å². The van der Waals surface area contributed by atoms with Crippen LogP contribution in [0.3, 0.4) is 0 Å².